The van der Waals surface area contributed by atoms with Crippen molar-refractivity contribution < 1.29 is 4.79 Å². The van der Waals surface area contributed by atoms with Gasteiger partial charge in [0.25, 0.3) is 5.91 Å². The molecule has 2 rings (SSSR count). The van der Waals surface area contributed by atoms with Crippen molar-refractivity contribution in [3.63, 3.8) is 0 Å². The van der Waals surface area contributed by atoms with Gasteiger partial charge in [0.05, 0.1) is 22.2 Å². The van der Waals surface area contributed by atoms with Crippen LogP contribution in [0.5, 0.6) is 0 Å². The number of hydrogen-bond acceptors (Lipinski definition) is 4. The maximum Gasteiger partial charge on any atom is 0.263 e. The average Bonchev–Trinajstić information content (AvgIpc) is 2.77. The Morgan fingerprint density at radius 1 is 1.39 bits per heavy atom. The minimum Gasteiger partial charge on any atom is -0.391 e. The van der Waals surface area contributed by atoms with E-state index in [1.54, 1.807) is 11.7 Å². The molecule has 0 atom stereocenters. The fraction of sp³-hybridized carbons (Fsp3) is 0.583. The summed E-state index contributed by atoms with van der Waals surface area (Å²) < 4.78 is 0. The predicted octanol–water partition coefficient (Wildman–Crippen LogP) is 2.25. The number of nitrogens with zero attached hydrogens (tertiary/aromatic N) is 1. The Kier molecular flexibility index (Phi) is 4.29. The first kappa shape index (κ1) is 13.4. The van der Waals surface area contributed by atoms with Gasteiger partial charge in [-0.05, 0) is 12.8 Å². The molecule has 0 aliphatic heterocycles. The summed E-state index contributed by atoms with van der Waals surface area (Å²) in [4.78, 5) is 17.1. The van der Waals surface area contributed by atoms with Gasteiger partial charge in [-0.15, -0.1) is 11.3 Å². The Balaban J connectivity index is 2.15. The standard InChI is InChI=1S/C12H17N3OS2/c13-11(17)12(5-3-1-2-4-6-12)15-10(16)9-7-14-8-18-9/h7-8H,1-6H2,(H2,13,17)(H,15,16). The molecule has 0 spiro atoms. The molecule has 1 aliphatic carbocycles. The lowest BCUT2D eigenvalue weighted by molar-refractivity contribution is 0.0921. The fourth-order valence-electron chi connectivity index (χ4n) is 2.37. The van der Waals surface area contributed by atoms with Crippen molar-refractivity contribution in [2.24, 2.45) is 5.73 Å². The second-order valence-corrected chi connectivity index (χ2v) is 6.01. The van der Waals surface area contributed by atoms with Gasteiger partial charge in [0.1, 0.15) is 4.88 Å². The zero-order chi connectivity index (χ0) is 13.0. The number of carbonyl (C=O) groups excluding carboxylic acids is 1. The minimum atomic E-state index is -0.507. The van der Waals surface area contributed by atoms with E-state index in [0.29, 0.717) is 9.87 Å². The first-order valence-corrected chi connectivity index (χ1v) is 7.44. The molecule has 1 fully saturated rings. The lowest BCUT2D eigenvalue weighted by Gasteiger charge is -2.32. The van der Waals surface area contributed by atoms with Crippen LogP contribution >= 0.6 is 23.6 Å². The second-order valence-electron chi connectivity index (χ2n) is 4.68. The van der Waals surface area contributed by atoms with Gasteiger partial charge in [-0.2, -0.15) is 0 Å². The van der Waals surface area contributed by atoms with Crippen molar-refractivity contribution >= 4 is 34.5 Å². The molecule has 4 nitrogen and oxygen atoms in total. The van der Waals surface area contributed by atoms with Crippen molar-refractivity contribution in [3.05, 3.63) is 16.6 Å². The number of nitrogens with two attached hydrogens (primary N) is 1. The van der Waals surface area contributed by atoms with Gasteiger partial charge in [-0.3, -0.25) is 9.78 Å². The summed E-state index contributed by atoms with van der Waals surface area (Å²) in [5.41, 5.74) is 7.02. The SMILES string of the molecule is NC(=S)C1(NC(=O)c2cncs2)CCCCCC1. The number of rotatable bonds is 3. The van der Waals surface area contributed by atoms with E-state index in [4.69, 9.17) is 18.0 Å². The Labute approximate surface area is 116 Å². The quantitative estimate of drug-likeness (QED) is 0.659. The van der Waals surface area contributed by atoms with Gasteiger partial charge in [0.15, 0.2) is 0 Å². The summed E-state index contributed by atoms with van der Waals surface area (Å²) in [6.07, 6.45) is 7.73. The molecule has 1 aliphatic rings. The lowest BCUT2D eigenvalue weighted by Crippen LogP contribution is -2.56. The molecule has 98 valence electrons. The first-order valence-electron chi connectivity index (χ1n) is 6.15. The maximum absolute atomic E-state index is 12.1. The van der Waals surface area contributed by atoms with Crippen molar-refractivity contribution in [2.75, 3.05) is 0 Å². The average molecular weight is 283 g/mol. The normalized spacial score (nSPS) is 18.9. The molecule has 6 heteroatoms. The number of carbonyl (C=O) groups is 1. The molecule has 0 unspecified atom stereocenters. The highest BCUT2D eigenvalue weighted by Crippen LogP contribution is 2.28. The van der Waals surface area contributed by atoms with Crippen molar-refractivity contribution in [3.8, 4) is 0 Å². The third kappa shape index (κ3) is 2.87. The molecule has 3 N–H and O–H groups in total. The van der Waals surface area contributed by atoms with E-state index in [1.165, 1.54) is 24.2 Å². The lowest BCUT2D eigenvalue weighted by atomic mass is 9.90. The van der Waals surface area contributed by atoms with Crippen LogP contribution in [0.25, 0.3) is 0 Å². The smallest absolute Gasteiger partial charge is 0.263 e. The van der Waals surface area contributed by atoms with Gasteiger partial charge in [-0.25, -0.2) is 0 Å². The number of thiocarbonyl (C=S) groups is 1. The van der Waals surface area contributed by atoms with E-state index in [2.05, 4.69) is 10.3 Å². The second kappa shape index (κ2) is 5.75. The van der Waals surface area contributed by atoms with E-state index in [1.807, 2.05) is 0 Å². The minimum absolute atomic E-state index is 0.118. The fourth-order valence-corrected chi connectivity index (χ4v) is 3.14. The van der Waals surface area contributed by atoms with Crippen LogP contribution in [0.15, 0.2) is 11.7 Å². The van der Waals surface area contributed by atoms with E-state index >= 15 is 0 Å². The molecule has 1 saturated carbocycles. The number of amides is 1. The summed E-state index contributed by atoms with van der Waals surface area (Å²) in [5, 5.41) is 3.04. The highest BCUT2D eigenvalue weighted by molar-refractivity contribution is 7.80. The summed E-state index contributed by atoms with van der Waals surface area (Å²) in [7, 11) is 0. The molecule has 1 aromatic heterocycles. The summed E-state index contributed by atoms with van der Waals surface area (Å²) in [6, 6.07) is 0. The van der Waals surface area contributed by atoms with E-state index < -0.39 is 5.54 Å². The zero-order valence-electron chi connectivity index (χ0n) is 10.1. The van der Waals surface area contributed by atoms with Gasteiger partial charge in [-0.1, -0.05) is 37.9 Å². The maximum atomic E-state index is 12.1. The van der Waals surface area contributed by atoms with Gasteiger partial charge < -0.3 is 11.1 Å². The van der Waals surface area contributed by atoms with Crippen LogP contribution in [0.4, 0.5) is 0 Å². The van der Waals surface area contributed by atoms with Crippen LogP contribution in [0.3, 0.4) is 0 Å². The number of nitrogens with one attached hydrogen (secondary N) is 1. The van der Waals surface area contributed by atoms with Crippen molar-refractivity contribution in [2.45, 2.75) is 44.1 Å². The van der Waals surface area contributed by atoms with E-state index in [-0.39, 0.29) is 5.91 Å². The Bertz CT molecular complexity index is 423. The highest BCUT2D eigenvalue weighted by Gasteiger charge is 2.35. The van der Waals surface area contributed by atoms with Crippen LogP contribution < -0.4 is 11.1 Å². The van der Waals surface area contributed by atoms with Crippen molar-refractivity contribution in [1.29, 1.82) is 0 Å². The molecular formula is C12H17N3OS2. The van der Waals surface area contributed by atoms with E-state index in [0.717, 1.165) is 25.7 Å². The van der Waals surface area contributed by atoms with Crippen LogP contribution in [-0.4, -0.2) is 21.4 Å². The molecule has 0 bridgehead atoms. The molecular weight excluding hydrogens is 266 g/mol. The monoisotopic (exact) mass is 283 g/mol. The largest absolute Gasteiger partial charge is 0.391 e. The van der Waals surface area contributed by atoms with Gasteiger partial charge >= 0.3 is 0 Å². The third-order valence-corrected chi connectivity index (χ3v) is 4.60. The zero-order valence-corrected chi connectivity index (χ0v) is 11.8. The van der Waals surface area contributed by atoms with Crippen LogP contribution in [0.1, 0.15) is 48.2 Å². The van der Waals surface area contributed by atoms with Gasteiger partial charge in [0.2, 0.25) is 0 Å². The predicted molar refractivity (Wildman–Crippen MR) is 76.8 cm³/mol. The van der Waals surface area contributed by atoms with Crippen LogP contribution in [0.2, 0.25) is 0 Å². The summed E-state index contributed by atoms with van der Waals surface area (Å²) in [6.45, 7) is 0. The molecule has 0 radical (unpaired) electrons. The van der Waals surface area contributed by atoms with E-state index in [9.17, 15) is 4.79 Å². The summed E-state index contributed by atoms with van der Waals surface area (Å²) in [5.74, 6) is -0.118. The summed E-state index contributed by atoms with van der Waals surface area (Å²) >= 11 is 6.51. The molecule has 1 amide bonds. The molecule has 0 saturated heterocycles. The Morgan fingerprint density at radius 3 is 2.56 bits per heavy atom. The molecule has 0 aromatic carbocycles. The van der Waals surface area contributed by atoms with Gasteiger partial charge in [0, 0.05) is 0 Å². The highest BCUT2D eigenvalue weighted by atomic mass is 32.1. The number of thiazole rings is 1. The van der Waals surface area contributed by atoms with Crippen molar-refractivity contribution in [1.82, 2.24) is 10.3 Å². The molecule has 18 heavy (non-hydrogen) atoms. The molecule has 1 aromatic rings. The van der Waals surface area contributed by atoms with Crippen LogP contribution in [-0.2, 0) is 0 Å². The van der Waals surface area contributed by atoms with Crippen LogP contribution in [0, 0.1) is 0 Å². The first-order chi connectivity index (χ1) is 8.64. The Hall–Kier alpha value is -1.01. The Morgan fingerprint density at radius 2 is 2.06 bits per heavy atom. The third-order valence-electron chi connectivity index (χ3n) is 3.44. The molecule has 1 heterocycles. The number of aromatic nitrogens is 1. The topological polar surface area (TPSA) is 68.0 Å². The number of hydrogen-bond donors (Lipinski definition) is 2.